The molecule has 0 unspecified atom stereocenters. The summed E-state index contributed by atoms with van der Waals surface area (Å²) in [4.78, 5) is 20.7. The van der Waals surface area contributed by atoms with E-state index in [1.807, 2.05) is 11.8 Å². The number of hydrogen-bond donors (Lipinski definition) is 0. The Kier molecular flexibility index (Phi) is 4.43. The van der Waals surface area contributed by atoms with Gasteiger partial charge in [-0.2, -0.15) is 11.8 Å². The van der Waals surface area contributed by atoms with Gasteiger partial charge in [0.15, 0.2) is 0 Å². The second kappa shape index (κ2) is 6.06. The van der Waals surface area contributed by atoms with E-state index in [4.69, 9.17) is 9.57 Å². The van der Waals surface area contributed by atoms with E-state index in [0.717, 1.165) is 23.0 Å². The summed E-state index contributed by atoms with van der Waals surface area (Å²) in [5.74, 6) is 2.49. The minimum Gasteiger partial charge on any atom is -0.473 e. The lowest BCUT2D eigenvalue weighted by Gasteiger charge is -2.14. The average molecular weight is 268 g/mol. The summed E-state index contributed by atoms with van der Waals surface area (Å²) in [6, 6.07) is 3.42. The topological polar surface area (TPSA) is 51.7 Å². The van der Waals surface area contributed by atoms with Crippen LogP contribution in [0, 0.1) is 0 Å². The molecular weight excluding hydrogens is 252 g/mol. The number of hydrogen-bond acceptors (Lipinski definition) is 5. The molecule has 5 nitrogen and oxygen atoms in total. The molecule has 6 heteroatoms. The molecular formula is C12H16N2O3S. The van der Waals surface area contributed by atoms with Crippen LogP contribution in [0.3, 0.4) is 0 Å². The molecule has 0 radical (unpaired) electrons. The molecule has 0 N–H and O–H groups in total. The minimum atomic E-state index is -0.229. The summed E-state index contributed by atoms with van der Waals surface area (Å²) in [6.45, 7) is 0. The third-order valence-electron chi connectivity index (χ3n) is 2.72. The van der Waals surface area contributed by atoms with Gasteiger partial charge in [-0.15, -0.1) is 0 Å². The first kappa shape index (κ1) is 13.2. The van der Waals surface area contributed by atoms with Gasteiger partial charge in [-0.05, 0) is 18.2 Å². The molecule has 0 aliphatic carbocycles. The van der Waals surface area contributed by atoms with Crippen LogP contribution in [0.25, 0.3) is 0 Å². The quantitative estimate of drug-likeness (QED) is 0.776. The van der Waals surface area contributed by atoms with Gasteiger partial charge < -0.3 is 4.74 Å². The summed E-state index contributed by atoms with van der Waals surface area (Å²) in [6.07, 6.45) is 2.81. The van der Waals surface area contributed by atoms with E-state index in [2.05, 4.69) is 4.98 Å². The molecule has 2 rings (SSSR count). The number of pyridine rings is 1. The van der Waals surface area contributed by atoms with Gasteiger partial charge >= 0.3 is 0 Å². The zero-order valence-electron chi connectivity index (χ0n) is 10.5. The average Bonchev–Trinajstić information content (AvgIpc) is 2.91. The normalized spacial score (nSPS) is 18.7. The Morgan fingerprint density at radius 2 is 2.39 bits per heavy atom. The number of aromatic nitrogens is 1. The third-order valence-corrected chi connectivity index (χ3v) is 3.85. The van der Waals surface area contributed by atoms with Gasteiger partial charge in [-0.1, -0.05) is 0 Å². The SMILES string of the molecule is CON(C)C(=O)c1ccc(O[C@@H]2CCSC2)nc1. The van der Waals surface area contributed by atoms with E-state index in [-0.39, 0.29) is 12.0 Å². The maximum absolute atomic E-state index is 11.7. The molecule has 1 saturated heterocycles. The Morgan fingerprint density at radius 1 is 1.56 bits per heavy atom. The van der Waals surface area contributed by atoms with Crippen molar-refractivity contribution in [3.8, 4) is 5.88 Å². The number of hydroxylamine groups is 2. The summed E-state index contributed by atoms with van der Waals surface area (Å²) in [5, 5.41) is 1.16. The highest BCUT2D eigenvalue weighted by Gasteiger charge is 2.18. The van der Waals surface area contributed by atoms with Crippen molar-refractivity contribution in [3.63, 3.8) is 0 Å². The lowest BCUT2D eigenvalue weighted by Crippen LogP contribution is -2.25. The van der Waals surface area contributed by atoms with Crippen LogP contribution in [-0.4, -0.2) is 47.7 Å². The molecule has 1 aromatic rings. The van der Waals surface area contributed by atoms with Crippen LogP contribution >= 0.6 is 11.8 Å². The van der Waals surface area contributed by atoms with E-state index >= 15 is 0 Å². The van der Waals surface area contributed by atoms with Crippen LogP contribution in [0.5, 0.6) is 5.88 Å². The Hall–Kier alpha value is -1.27. The van der Waals surface area contributed by atoms with Crippen molar-refractivity contribution in [1.82, 2.24) is 10.0 Å². The number of ether oxygens (including phenoxy) is 1. The van der Waals surface area contributed by atoms with Crippen LogP contribution in [0.4, 0.5) is 0 Å². The molecule has 1 atom stereocenters. The fourth-order valence-electron chi connectivity index (χ4n) is 1.62. The van der Waals surface area contributed by atoms with E-state index in [0.29, 0.717) is 11.4 Å². The Morgan fingerprint density at radius 3 is 2.94 bits per heavy atom. The van der Waals surface area contributed by atoms with Gasteiger partial charge in [-0.25, -0.2) is 10.0 Å². The van der Waals surface area contributed by atoms with Crippen molar-refractivity contribution >= 4 is 17.7 Å². The smallest absolute Gasteiger partial charge is 0.278 e. The van der Waals surface area contributed by atoms with Crippen molar-refractivity contribution in [1.29, 1.82) is 0 Å². The van der Waals surface area contributed by atoms with Crippen LogP contribution in [-0.2, 0) is 4.84 Å². The largest absolute Gasteiger partial charge is 0.473 e. The number of carbonyl (C=O) groups is 1. The highest BCUT2D eigenvalue weighted by atomic mass is 32.2. The fourth-order valence-corrected chi connectivity index (χ4v) is 2.71. The number of carbonyl (C=O) groups excluding carboxylic acids is 1. The van der Waals surface area contributed by atoms with Gasteiger partial charge in [0.25, 0.3) is 5.91 Å². The van der Waals surface area contributed by atoms with Crippen molar-refractivity contribution < 1.29 is 14.4 Å². The van der Waals surface area contributed by atoms with Crippen LogP contribution in [0.2, 0.25) is 0 Å². The lowest BCUT2D eigenvalue weighted by atomic mass is 10.2. The first-order valence-corrected chi connectivity index (χ1v) is 6.89. The molecule has 0 spiro atoms. The highest BCUT2D eigenvalue weighted by Crippen LogP contribution is 2.22. The molecule has 0 bridgehead atoms. The van der Waals surface area contributed by atoms with E-state index in [1.165, 1.54) is 13.3 Å². The molecule has 18 heavy (non-hydrogen) atoms. The predicted octanol–water partition coefficient (Wildman–Crippen LogP) is 1.60. The molecule has 1 fully saturated rings. The summed E-state index contributed by atoms with van der Waals surface area (Å²) >= 11 is 1.89. The number of amides is 1. The zero-order valence-corrected chi connectivity index (χ0v) is 11.3. The zero-order chi connectivity index (χ0) is 13.0. The molecule has 0 aromatic carbocycles. The van der Waals surface area contributed by atoms with Crippen LogP contribution in [0.1, 0.15) is 16.8 Å². The number of thioether (sulfide) groups is 1. The number of rotatable bonds is 4. The molecule has 1 aliphatic rings. The van der Waals surface area contributed by atoms with Crippen molar-refractivity contribution in [2.75, 3.05) is 25.7 Å². The second-order valence-electron chi connectivity index (χ2n) is 3.97. The van der Waals surface area contributed by atoms with Gasteiger partial charge in [0.1, 0.15) is 6.10 Å². The molecule has 2 heterocycles. The molecule has 98 valence electrons. The fraction of sp³-hybridized carbons (Fsp3) is 0.500. The standard InChI is InChI=1S/C12H16N2O3S/c1-14(16-2)12(15)9-3-4-11(13-7-9)17-10-5-6-18-8-10/h3-4,7,10H,5-6,8H2,1-2H3/t10-/m1/s1. The van der Waals surface area contributed by atoms with Gasteiger partial charge in [-0.3, -0.25) is 9.63 Å². The van der Waals surface area contributed by atoms with Crippen LogP contribution in [0.15, 0.2) is 18.3 Å². The summed E-state index contributed by atoms with van der Waals surface area (Å²) < 4.78 is 5.71. The molecule has 0 saturated carbocycles. The van der Waals surface area contributed by atoms with E-state index < -0.39 is 0 Å². The van der Waals surface area contributed by atoms with Gasteiger partial charge in [0, 0.05) is 25.1 Å². The maximum Gasteiger partial charge on any atom is 0.278 e. The van der Waals surface area contributed by atoms with Gasteiger partial charge in [0.2, 0.25) is 5.88 Å². The maximum atomic E-state index is 11.7. The monoisotopic (exact) mass is 268 g/mol. The highest BCUT2D eigenvalue weighted by molar-refractivity contribution is 7.99. The van der Waals surface area contributed by atoms with Gasteiger partial charge in [0.05, 0.1) is 12.7 Å². The molecule has 1 aromatic heterocycles. The molecule has 1 amide bonds. The third kappa shape index (κ3) is 3.14. The number of nitrogens with zero attached hydrogens (tertiary/aromatic N) is 2. The Bertz CT molecular complexity index is 404. The Balaban J connectivity index is 1.98. The Labute approximate surface area is 110 Å². The first-order valence-electron chi connectivity index (χ1n) is 5.73. The summed E-state index contributed by atoms with van der Waals surface area (Å²) in [5.41, 5.74) is 0.479. The second-order valence-corrected chi connectivity index (χ2v) is 5.12. The van der Waals surface area contributed by atoms with Crippen molar-refractivity contribution in [2.45, 2.75) is 12.5 Å². The van der Waals surface area contributed by atoms with E-state index in [9.17, 15) is 4.79 Å². The van der Waals surface area contributed by atoms with Crippen LogP contribution < -0.4 is 4.74 Å². The van der Waals surface area contributed by atoms with E-state index in [1.54, 1.807) is 19.2 Å². The molecule has 1 aliphatic heterocycles. The first-order chi connectivity index (χ1) is 8.70. The van der Waals surface area contributed by atoms with Crippen molar-refractivity contribution in [2.24, 2.45) is 0 Å². The lowest BCUT2D eigenvalue weighted by molar-refractivity contribution is -0.0757. The predicted molar refractivity (Wildman–Crippen MR) is 69.7 cm³/mol. The van der Waals surface area contributed by atoms with Crippen molar-refractivity contribution in [3.05, 3.63) is 23.9 Å². The minimum absolute atomic E-state index is 0.229. The summed E-state index contributed by atoms with van der Waals surface area (Å²) in [7, 11) is 3.00.